The van der Waals surface area contributed by atoms with Crippen molar-refractivity contribution in [1.82, 2.24) is 14.9 Å². The van der Waals surface area contributed by atoms with Gasteiger partial charge in [-0.05, 0) is 56.9 Å². The van der Waals surface area contributed by atoms with Crippen LogP contribution in [0.15, 0.2) is 30.1 Å². The first-order chi connectivity index (χ1) is 12.3. The first-order valence-electron chi connectivity index (χ1n) is 9.80. The molecule has 3 aliphatic rings. The van der Waals surface area contributed by atoms with Crippen LogP contribution < -0.4 is 4.90 Å². The highest BCUT2D eigenvalue weighted by molar-refractivity contribution is 5.77. The lowest BCUT2D eigenvalue weighted by Crippen LogP contribution is -2.56. The van der Waals surface area contributed by atoms with Crippen molar-refractivity contribution in [2.75, 3.05) is 24.5 Å². The van der Waals surface area contributed by atoms with E-state index in [1.807, 2.05) is 18.5 Å². The Bertz CT molecular complexity index is 630. The van der Waals surface area contributed by atoms with Crippen LogP contribution in [-0.2, 0) is 4.79 Å². The van der Waals surface area contributed by atoms with Crippen LogP contribution in [0.4, 0.5) is 5.95 Å². The molecule has 5 heteroatoms. The number of piperidine rings is 2. The Morgan fingerprint density at radius 1 is 1.12 bits per heavy atom. The number of allylic oxidation sites excluding steroid dienone is 1. The van der Waals surface area contributed by atoms with E-state index in [0.717, 1.165) is 44.8 Å². The molecule has 134 valence electrons. The molecule has 0 aromatic carbocycles. The zero-order valence-corrected chi connectivity index (χ0v) is 14.9. The van der Waals surface area contributed by atoms with Gasteiger partial charge in [0.05, 0.1) is 0 Å². The largest absolute Gasteiger partial charge is 0.340 e. The number of likely N-dealkylation sites (tertiary alicyclic amines) is 1. The van der Waals surface area contributed by atoms with Crippen molar-refractivity contribution in [2.45, 2.75) is 57.4 Å². The number of rotatable bonds is 4. The SMILES string of the molecule is O=C1CC[C@H]2CN(c3ncccn3)CC[C@H]2N1CCC1=CCCCC1. The molecule has 0 unspecified atom stereocenters. The van der Waals surface area contributed by atoms with Crippen LogP contribution in [0.5, 0.6) is 0 Å². The maximum Gasteiger partial charge on any atom is 0.225 e. The van der Waals surface area contributed by atoms with Crippen LogP contribution in [0.1, 0.15) is 51.4 Å². The number of carbonyl (C=O) groups is 1. The van der Waals surface area contributed by atoms with E-state index < -0.39 is 0 Å². The summed E-state index contributed by atoms with van der Waals surface area (Å²) in [6.45, 7) is 2.83. The van der Waals surface area contributed by atoms with Gasteiger partial charge < -0.3 is 9.80 Å². The van der Waals surface area contributed by atoms with Gasteiger partial charge in [0.15, 0.2) is 0 Å². The van der Waals surface area contributed by atoms with Crippen molar-refractivity contribution in [1.29, 1.82) is 0 Å². The van der Waals surface area contributed by atoms with E-state index >= 15 is 0 Å². The second-order valence-corrected chi connectivity index (χ2v) is 7.59. The van der Waals surface area contributed by atoms with Crippen molar-refractivity contribution in [3.05, 3.63) is 30.1 Å². The molecule has 0 radical (unpaired) electrons. The Morgan fingerprint density at radius 2 is 2.00 bits per heavy atom. The van der Waals surface area contributed by atoms with Gasteiger partial charge in [-0.3, -0.25) is 4.79 Å². The second-order valence-electron chi connectivity index (χ2n) is 7.59. The summed E-state index contributed by atoms with van der Waals surface area (Å²) in [5, 5.41) is 0. The van der Waals surface area contributed by atoms with Crippen LogP contribution in [0.3, 0.4) is 0 Å². The Kier molecular flexibility index (Phi) is 4.99. The summed E-state index contributed by atoms with van der Waals surface area (Å²) in [6, 6.07) is 2.27. The minimum Gasteiger partial charge on any atom is -0.340 e. The standard InChI is InChI=1S/C20H28N4O/c25-19-8-7-17-15-23(20-21-11-4-12-22-20)13-10-18(17)24(19)14-9-16-5-2-1-3-6-16/h4-5,11-12,17-18H,1-3,6-10,13-15H2/t17-,18+/m0/s1. The predicted molar refractivity (Wildman–Crippen MR) is 98.3 cm³/mol. The zero-order valence-electron chi connectivity index (χ0n) is 14.9. The average Bonchev–Trinajstić information content (AvgIpc) is 2.68. The molecule has 0 bridgehead atoms. The number of hydrogen-bond donors (Lipinski definition) is 0. The summed E-state index contributed by atoms with van der Waals surface area (Å²) < 4.78 is 0. The fraction of sp³-hybridized carbons (Fsp3) is 0.650. The quantitative estimate of drug-likeness (QED) is 0.790. The highest BCUT2D eigenvalue weighted by Crippen LogP contribution is 2.33. The van der Waals surface area contributed by atoms with Gasteiger partial charge in [0, 0.05) is 44.5 Å². The molecule has 2 saturated heterocycles. The minimum atomic E-state index is 0.363. The number of carbonyl (C=O) groups excluding carboxylic acids is 1. The molecule has 1 amide bonds. The third kappa shape index (κ3) is 3.70. The van der Waals surface area contributed by atoms with Gasteiger partial charge in [-0.15, -0.1) is 0 Å². The normalized spacial score (nSPS) is 27.0. The van der Waals surface area contributed by atoms with Crippen molar-refractivity contribution in [2.24, 2.45) is 5.92 Å². The number of hydrogen-bond acceptors (Lipinski definition) is 4. The fourth-order valence-electron chi connectivity index (χ4n) is 4.67. The number of fused-ring (bicyclic) bond motifs is 1. The fourth-order valence-corrected chi connectivity index (χ4v) is 4.67. The van der Waals surface area contributed by atoms with Crippen molar-refractivity contribution >= 4 is 11.9 Å². The van der Waals surface area contributed by atoms with E-state index in [2.05, 4.69) is 25.8 Å². The Labute approximate surface area is 150 Å². The molecule has 1 aromatic rings. The Morgan fingerprint density at radius 3 is 2.80 bits per heavy atom. The van der Waals surface area contributed by atoms with Gasteiger partial charge in [0.2, 0.25) is 11.9 Å². The summed E-state index contributed by atoms with van der Waals surface area (Å²) in [5.74, 6) is 1.74. The first-order valence-corrected chi connectivity index (χ1v) is 9.80. The summed E-state index contributed by atoms with van der Waals surface area (Å²) in [5.41, 5.74) is 1.57. The van der Waals surface area contributed by atoms with Gasteiger partial charge in [-0.1, -0.05) is 11.6 Å². The topological polar surface area (TPSA) is 49.3 Å². The van der Waals surface area contributed by atoms with Gasteiger partial charge in [-0.25, -0.2) is 9.97 Å². The smallest absolute Gasteiger partial charge is 0.225 e. The van der Waals surface area contributed by atoms with Gasteiger partial charge in [0.1, 0.15) is 0 Å². The maximum absolute atomic E-state index is 12.5. The number of nitrogens with zero attached hydrogens (tertiary/aromatic N) is 4. The molecule has 2 aliphatic heterocycles. The van der Waals surface area contributed by atoms with Crippen LogP contribution in [0, 0.1) is 5.92 Å². The van der Waals surface area contributed by atoms with Crippen LogP contribution >= 0.6 is 0 Å². The summed E-state index contributed by atoms with van der Waals surface area (Å²) >= 11 is 0. The third-order valence-corrected chi connectivity index (χ3v) is 6.04. The highest BCUT2D eigenvalue weighted by Gasteiger charge is 2.39. The van der Waals surface area contributed by atoms with E-state index in [1.165, 1.54) is 25.7 Å². The molecule has 0 spiro atoms. The van der Waals surface area contributed by atoms with E-state index in [-0.39, 0.29) is 0 Å². The molecule has 2 atom stereocenters. The number of amides is 1. The van der Waals surface area contributed by atoms with Crippen molar-refractivity contribution in [3.8, 4) is 0 Å². The molecular weight excluding hydrogens is 312 g/mol. The predicted octanol–water partition coefficient (Wildman–Crippen LogP) is 3.18. The zero-order chi connectivity index (χ0) is 17.1. The maximum atomic E-state index is 12.5. The van der Waals surface area contributed by atoms with Crippen molar-refractivity contribution in [3.63, 3.8) is 0 Å². The lowest BCUT2D eigenvalue weighted by Gasteiger charge is -2.47. The van der Waals surface area contributed by atoms with E-state index in [4.69, 9.17) is 0 Å². The van der Waals surface area contributed by atoms with Crippen LogP contribution in [0.2, 0.25) is 0 Å². The molecule has 1 aliphatic carbocycles. The highest BCUT2D eigenvalue weighted by atomic mass is 16.2. The number of aromatic nitrogens is 2. The molecule has 0 N–H and O–H groups in total. The second kappa shape index (κ2) is 7.54. The molecular formula is C20H28N4O. The summed E-state index contributed by atoms with van der Waals surface area (Å²) in [6.07, 6.45) is 14.9. The molecule has 5 nitrogen and oxygen atoms in total. The van der Waals surface area contributed by atoms with E-state index in [9.17, 15) is 4.79 Å². The van der Waals surface area contributed by atoms with Crippen LogP contribution in [0.25, 0.3) is 0 Å². The average molecular weight is 340 g/mol. The lowest BCUT2D eigenvalue weighted by molar-refractivity contribution is -0.139. The Hall–Kier alpha value is -1.91. The molecule has 25 heavy (non-hydrogen) atoms. The van der Waals surface area contributed by atoms with Crippen LogP contribution in [-0.4, -0.2) is 46.5 Å². The molecule has 1 aromatic heterocycles. The summed E-state index contributed by atoms with van der Waals surface area (Å²) in [4.78, 5) is 25.8. The van der Waals surface area contributed by atoms with Crippen molar-refractivity contribution < 1.29 is 4.79 Å². The molecule has 2 fully saturated rings. The first kappa shape index (κ1) is 16.6. The lowest BCUT2D eigenvalue weighted by atomic mass is 9.83. The van der Waals surface area contributed by atoms with Gasteiger partial charge in [0.25, 0.3) is 0 Å². The number of anilines is 1. The van der Waals surface area contributed by atoms with Gasteiger partial charge in [-0.2, -0.15) is 0 Å². The Balaban J connectivity index is 1.40. The third-order valence-electron chi connectivity index (χ3n) is 6.04. The van der Waals surface area contributed by atoms with Gasteiger partial charge >= 0.3 is 0 Å². The molecule has 3 heterocycles. The molecule has 4 rings (SSSR count). The molecule has 0 saturated carbocycles. The minimum absolute atomic E-state index is 0.363. The van der Waals surface area contributed by atoms with E-state index in [1.54, 1.807) is 5.57 Å². The van der Waals surface area contributed by atoms with E-state index in [0.29, 0.717) is 24.3 Å². The summed E-state index contributed by atoms with van der Waals surface area (Å²) in [7, 11) is 0. The monoisotopic (exact) mass is 340 g/mol.